The Kier molecular flexibility index (Phi) is 4.64. The summed E-state index contributed by atoms with van der Waals surface area (Å²) < 4.78 is 0. The van der Waals surface area contributed by atoms with Crippen LogP contribution in [-0.4, -0.2) is 5.78 Å². The van der Waals surface area contributed by atoms with Crippen molar-refractivity contribution >= 4 is 5.78 Å². The van der Waals surface area contributed by atoms with Gasteiger partial charge in [-0.25, -0.2) is 0 Å². The van der Waals surface area contributed by atoms with Crippen molar-refractivity contribution in [2.45, 2.75) is 71.6 Å². The van der Waals surface area contributed by atoms with E-state index < -0.39 is 0 Å². The number of fused-ring (bicyclic) bond motifs is 1. The second kappa shape index (κ2) is 6.02. The Hall–Kier alpha value is -0.330. The van der Waals surface area contributed by atoms with Gasteiger partial charge in [0.1, 0.15) is 5.78 Å². The van der Waals surface area contributed by atoms with Gasteiger partial charge < -0.3 is 0 Å². The molecule has 98 valence electrons. The van der Waals surface area contributed by atoms with Crippen molar-refractivity contribution in [3.05, 3.63) is 0 Å². The molecule has 0 aromatic carbocycles. The SMILES string of the molecule is CC(C)CCC(=O)C1CCC2CCCCC2C1. The highest BCUT2D eigenvalue weighted by atomic mass is 16.1. The normalized spacial score (nSPS) is 33.5. The van der Waals surface area contributed by atoms with E-state index in [1.54, 1.807) is 0 Å². The maximum Gasteiger partial charge on any atom is 0.135 e. The summed E-state index contributed by atoms with van der Waals surface area (Å²) in [7, 11) is 0. The van der Waals surface area contributed by atoms with E-state index >= 15 is 0 Å². The van der Waals surface area contributed by atoms with Crippen LogP contribution in [0.2, 0.25) is 0 Å². The predicted octanol–water partition coefficient (Wildman–Crippen LogP) is 4.60. The first-order chi connectivity index (χ1) is 8.16. The van der Waals surface area contributed by atoms with Crippen molar-refractivity contribution in [1.29, 1.82) is 0 Å². The van der Waals surface area contributed by atoms with Gasteiger partial charge >= 0.3 is 0 Å². The Balaban J connectivity index is 1.80. The molecule has 3 unspecified atom stereocenters. The van der Waals surface area contributed by atoms with Crippen LogP contribution >= 0.6 is 0 Å². The number of rotatable bonds is 4. The quantitative estimate of drug-likeness (QED) is 0.697. The smallest absolute Gasteiger partial charge is 0.135 e. The van der Waals surface area contributed by atoms with Crippen LogP contribution in [0, 0.1) is 23.7 Å². The summed E-state index contributed by atoms with van der Waals surface area (Å²) in [5.41, 5.74) is 0. The third-order valence-electron chi connectivity index (χ3n) is 4.96. The van der Waals surface area contributed by atoms with Crippen molar-refractivity contribution in [1.82, 2.24) is 0 Å². The molecule has 1 heteroatoms. The molecule has 0 aliphatic heterocycles. The van der Waals surface area contributed by atoms with Gasteiger partial charge in [0, 0.05) is 12.3 Å². The fourth-order valence-corrected chi connectivity index (χ4v) is 3.80. The molecule has 17 heavy (non-hydrogen) atoms. The minimum atomic E-state index is 0.424. The minimum Gasteiger partial charge on any atom is -0.299 e. The molecule has 2 fully saturated rings. The summed E-state index contributed by atoms with van der Waals surface area (Å²) in [4.78, 5) is 12.2. The Morgan fingerprint density at radius 2 is 1.76 bits per heavy atom. The van der Waals surface area contributed by atoms with Crippen LogP contribution in [0.1, 0.15) is 71.6 Å². The van der Waals surface area contributed by atoms with E-state index in [1.165, 1.54) is 44.9 Å². The highest BCUT2D eigenvalue weighted by Crippen LogP contribution is 2.43. The third kappa shape index (κ3) is 3.56. The van der Waals surface area contributed by atoms with Gasteiger partial charge in [-0.2, -0.15) is 0 Å². The molecule has 0 aromatic rings. The van der Waals surface area contributed by atoms with Crippen LogP contribution < -0.4 is 0 Å². The zero-order valence-electron chi connectivity index (χ0n) is 11.6. The molecular weight excluding hydrogens is 208 g/mol. The van der Waals surface area contributed by atoms with E-state index in [-0.39, 0.29) is 0 Å². The molecule has 0 bridgehead atoms. The Bertz CT molecular complexity index is 256. The fraction of sp³-hybridized carbons (Fsp3) is 0.938. The zero-order valence-corrected chi connectivity index (χ0v) is 11.6. The van der Waals surface area contributed by atoms with Gasteiger partial charge in [-0.3, -0.25) is 4.79 Å². The molecule has 2 aliphatic rings. The monoisotopic (exact) mass is 236 g/mol. The van der Waals surface area contributed by atoms with Crippen LogP contribution in [0.3, 0.4) is 0 Å². The van der Waals surface area contributed by atoms with Crippen LogP contribution in [0.15, 0.2) is 0 Å². The molecule has 2 aliphatic carbocycles. The highest BCUT2D eigenvalue weighted by Gasteiger charge is 2.34. The minimum absolute atomic E-state index is 0.424. The van der Waals surface area contributed by atoms with Gasteiger partial charge in [-0.1, -0.05) is 39.5 Å². The summed E-state index contributed by atoms with van der Waals surface area (Å²) in [6.45, 7) is 4.43. The van der Waals surface area contributed by atoms with Crippen LogP contribution in [0.25, 0.3) is 0 Å². The van der Waals surface area contributed by atoms with Gasteiger partial charge in [0.15, 0.2) is 0 Å². The molecule has 3 atom stereocenters. The first-order valence-electron chi connectivity index (χ1n) is 7.69. The fourth-order valence-electron chi connectivity index (χ4n) is 3.80. The summed E-state index contributed by atoms with van der Waals surface area (Å²) >= 11 is 0. The van der Waals surface area contributed by atoms with Crippen LogP contribution in [-0.2, 0) is 4.79 Å². The molecule has 2 saturated carbocycles. The van der Waals surface area contributed by atoms with E-state index in [0.717, 1.165) is 24.7 Å². The zero-order chi connectivity index (χ0) is 12.3. The Labute approximate surface area is 106 Å². The van der Waals surface area contributed by atoms with E-state index in [1.807, 2.05) is 0 Å². The summed E-state index contributed by atoms with van der Waals surface area (Å²) in [5, 5.41) is 0. The molecule has 1 nitrogen and oxygen atoms in total. The largest absolute Gasteiger partial charge is 0.299 e. The van der Waals surface area contributed by atoms with Gasteiger partial charge in [0.25, 0.3) is 0 Å². The number of hydrogen-bond donors (Lipinski definition) is 0. The molecule has 0 aromatic heterocycles. The van der Waals surface area contributed by atoms with Gasteiger partial charge in [-0.15, -0.1) is 0 Å². The van der Waals surface area contributed by atoms with Crippen molar-refractivity contribution in [3.63, 3.8) is 0 Å². The molecule has 0 heterocycles. The maximum absolute atomic E-state index is 12.2. The van der Waals surface area contributed by atoms with E-state index in [0.29, 0.717) is 17.6 Å². The van der Waals surface area contributed by atoms with Crippen molar-refractivity contribution < 1.29 is 4.79 Å². The van der Waals surface area contributed by atoms with Gasteiger partial charge in [0.05, 0.1) is 0 Å². The highest BCUT2D eigenvalue weighted by molar-refractivity contribution is 5.81. The number of ketones is 1. The number of carbonyl (C=O) groups is 1. The first kappa shape index (κ1) is 13.1. The van der Waals surface area contributed by atoms with Crippen molar-refractivity contribution in [3.8, 4) is 0 Å². The molecule has 0 amide bonds. The van der Waals surface area contributed by atoms with Gasteiger partial charge in [-0.05, 0) is 43.4 Å². The second-order valence-electron chi connectivity index (χ2n) is 6.71. The Morgan fingerprint density at radius 1 is 1.06 bits per heavy atom. The number of hydrogen-bond acceptors (Lipinski definition) is 1. The Morgan fingerprint density at radius 3 is 2.47 bits per heavy atom. The second-order valence-corrected chi connectivity index (χ2v) is 6.71. The molecular formula is C16H28O. The average Bonchev–Trinajstić information content (AvgIpc) is 2.35. The van der Waals surface area contributed by atoms with E-state index in [9.17, 15) is 4.79 Å². The number of Topliss-reactive ketones (excluding diaryl/α,β-unsaturated/α-hetero) is 1. The molecule has 2 rings (SSSR count). The van der Waals surface area contributed by atoms with E-state index in [4.69, 9.17) is 0 Å². The van der Waals surface area contributed by atoms with Crippen LogP contribution in [0.5, 0.6) is 0 Å². The standard InChI is InChI=1S/C16H28O/c1-12(2)7-10-16(17)15-9-8-13-5-3-4-6-14(13)11-15/h12-15H,3-11H2,1-2H3. The lowest BCUT2D eigenvalue weighted by Crippen LogP contribution is -2.31. The lowest BCUT2D eigenvalue weighted by Gasteiger charge is -2.38. The van der Waals surface area contributed by atoms with E-state index in [2.05, 4.69) is 13.8 Å². The van der Waals surface area contributed by atoms with Gasteiger partial charge in [0.2, 0.25) is 0 Å². The third-order valence-corrected chi connectivity index (χ3v) is 4.96. The lowest BCUT2D eigenvalue weighted by atomic mass is 9.66. The summed E-state index contributed by atoms with van der Waals surface area (Å²) in [6, 6.07) is 0. The molecule has 0 spiro atoms. The van der Waals surface area contributed by atoms with Crippen molar-refractivity contribution in [2.75, 3.05) is 0 Å². The molecule has 0 radical (unpaired) electrons. The first-order valence-corrected chi connectivity index (χ1v) is 7.69. The predicted molar refractivity (Wildman–Crippen MR) is 71.9 cm³/mol. The van der Waals surface area contributed by atoms with Crippen molar-refractivity contribution in [2.24, 2.45) is 23.7 Å². The topological polar surface area (TPSA) is 17.1 Å². The van der Waals surface area contributed by atoms with Crippen LogP contribution in [0.4, 0.5) is 0 Å². The molecule has 0 saturated heterocycles. The summed E-state index contributed by atoms with van der Waals surface area (Å²) in [6.07, 6.45) is 11.4. The molecule has 0 N–H and O–H groups in total. The average molecular weight is 236 g/mol. The summed E-state index contributed by atoms with van der Waals surface area (Å²) in [5.74, 6) is 3.53. The lowest BCUT2D eigenvalue weighted by molar-refractivity contribution is -0.125. The number of carbonyl (C=O) groups excluding carboxylic acids is 1. The maximum atomic E-state index is 12.2.